The molecule has 0 aliphatic rings. The van der Waals surface area contributed by atoms with Crippen LogP contribution in [-0.4, -0.2) is 23.3 Å². The van der Waals surface area contributed by atoms with Crippen molar-refractivity contribution in [2.24, 2.45) is 11.7 Å². The summed E-state index contributed by atoms with van der Waals surface area (Å²) in [7, 11) is 0. The summed E-state index contributed by atoms with van der Waals surface area (Å²) >= 11 is 0. The molecule has 0 spiro atoms. The van der Waals surface area contributed by atoms with Crippen molar-refractivity contribution < 1.29 is 18.7 Å². The van der Waals surface area contributed by atoms with Crippen LogP contribution in [0.25, 0.3) is 11.5 Å². The van der Waals surface area contributed by atoms with Gasteiger partial charge in [0.1, 0.15) is 11.5 Å². The third-order valence-electron chi connectivity index (χ3n) is 7.09. The molecule has 1 atom stereocenters. The fourth-order valence-corrected chi connectivity index (χ4v) is 4.84. The highest BCUT2D eigenvalue weighted by Gasteiger charge is 2.21. The number of amides is 1. The first-order valence-electron chi connectivity index (χ1n) is 13.7. The number of ether oxygens (including phenoxy) is 1. The van der Waals surface area contributed by atoms with Gasteiger partial charge < -0.3 is 14.9 Å². The van der Waals surface area contributed by atoms with Gasteiger partial charge in [-0.1, -0.05) is 84.9 Å². The van der Waals surface area contributed by atoms with E-state index in [1.807, 2.05) is 97.9 Å². The Hall–Kier alpha value is -4.97. The highest BCUT2D eigenvalue weighted by atomic mass is 16.5. The molecule has 2 N–H and O–H groups in total. The van der Waals surface area contributed by atoms with E-state index >= 15 is 0 Å². The minimum absolute atomic E-state index is 0.0666. The van der Waals surface area contributed by atoms with Crippen molar-refractivity contribution >= 4 is 11.7 Å². The monoisotopic (exact) mass is 544 g/mol. The number of rotatable bonds is 12. The number of carbonyl (C=O) groups is 2. The first-order valence-corrected chi connectivity index (χ1v) is 13.7. The number of ketones is 1. The first kappa shape index (κ1) is 27.6. The maximum Gasteiger partial charge on any atom is 0.226 e. The van der Waals surface area contributed by atoms with Crippen LogP contribution in [0.1, 0.15) is 38.5 Å². The van der Waals surface area contributed by atoms with Crippen LogP contribution in [-0.2, 0) is 24.1 Å². The van der Waals surface area contributed by atoms with Crippen LogP contribution in [0.3, 0.4) is 0 Å². The highest BCUT2D eigenvalue weighted by Crippen LogP contribution is 2.24. The van der Waals surface area contributed by atoms with Gasteiger partial charge in [-0.3, -0.25) is 9.59 Å². The quantitative estimate of drug-likeness (QED) is 0.184. The summed E-state index contributed by atoms with van der Waals surface area (Å²) in [5.74, 6) is 1.20. The molecule has 0 bridgehead atoms. The molecule has 0 saturated carbocycles. The molecule has 6 heteroatoms. The number of aromatic nitrogens is 1. The maximum atomic E-state index is 13.1. The van der Waals surface area contributed by atoms with E-state index in [2.05, 4.69) is 4.98 Å². The largest absolute Gasteiger partial charge is 0.493 e. The lowest BCUT2D eigenvalue weighted by molar-refractivity contribution is -0.121. The zero-order valence-electron chi connectivity index (χ0n) is 23.0. The molecule has 5 aromatic rings. The highest BCUT2D eigenvalue weighted by molar-refractivity contribution is 6.10. The van der Waals surface area contributed by atoms with E-state index in [-0.39, 0.29) is 5.78 Å². The van der Waals surface area contributed by atoms with Crippen LogP contribution in [0, 0.1) is 12.8 Å². The second-order valence-electron chi connectivity index (χ2n) is 9.99. The number of nitrogens with two attached hydrogens (primary N) is 1. The molecule has 5 rings (SSSR count). The SMILES string of the molecule is Cc1oc(-c2ccccc2)nc1CCOc1ccc(CC(Cc2ccccc2C(=O)c2ccccc2)C(N)=O)cc1. The molecular weight excluding hydrogens is 512 g/mol. The number of oxazole rings is 1. The lowest BCUT2D eigenvalue weighted by Crippen LogP contribution is -2.27. The Bertz CT molecular complexity index is 1610. The van der Waals surface area contributed by atoms with Gasteiger partial charge in [0.25, 0.3) is 0 Å². The molecule has 4 aromatic carbocycles. The Morgan fingerprint density at radius 1 is 0.829 bits per heavy atom. The predicted octanol–water partition coefficient (Wildman–Crippen LogP) is 6.39. The van der Waals surface area contributed by atoms with Gasteiger partial charge in [0, 0.05) is 29.0 Å². The minimum atomic E-state index is -0.458. The fraction of sp³-hybridized carbons (Fsp3) is 0.171. The van der Waals surface area contributed by atoms with E-state index in [0.29, 0.717) is 42.9 Å². The van der Waals surface area contributed by atoms with Gasteiger partial charge in [-0.15, -0.1) is 0 Å². The molecule has 0 radical (unpaired) electrons. The molecular formula is C35H32N2O4. The van der Waals surface area contributed by atoms with Crippen molar-refractivity contribution in [3.63, 3.8) is 0 Å². The van der Waals surface area contributed by atoms with Crippen molar-refractivity contribution in [1.29, 1.82) is 0 Å². The summed E-state index contributed by atoms with van der Waals surface area (Å²) in [6.45, 7) is 2.37. The second-order valence-corrected chi connectivity index (χ2v) is 9.99. The number of primary amides is 1. The summed E-state index contributed by atoms with van der Waals surface area (Å²) in [6, 6.07) is 34.1. The van der Waals surface area contributed by atoms with Crippen molar-refractivity contribution in [2.75, 3.05) is 6.61 Å². The predicted molar refractivity (Wildman–Crippen MR) is 159 cm³/mol. The molecule has 1 amide bonds. The van der Waals surface area contributed by atoms with Crippen molar-refractivity contribution in [1.82, 2.24) is 4.98 Å². The molecule has 1 unspecified atom stereocenters. The molecule has 0 saturated heterocycles. The van der Waals surface area contributed by atoms with Gasteiger partial charge in [-0.05, 0) is 55.2 Å². The van der Waals surface area contributed by atoms with Gasteiger partial charge in [0.05, 0.1) is 12.3 Å². The van der Waals surface area contributed by atoms with Crippen LogP contribution in [0.4, 0.5) is 0 Å². The van der Waals surface area contributed by atoms with E-state index in [9.17, 15) is 9.59 Å². The van der Waals surface area contributed by atoms with Crippen LogP contribution in [0.2, 0.25) is 0 Å². The van der Waals surface area contributed by atoms with E-state index in [0.717, 1.165) is 33.9 Å². The van der Waals surface area contributed by atoms with Crippen molar-refractivity contribution in [3.8, 4) is 17.2 Å². The number of benzene rings is 4. The van der Waals surface area contributed by atoms with Crippen LogP contribution >= 0.6 is 0 Å². The Morgan fingerprint density at radius 2 is 1.49 bits per heavy atom. The zero-order chi connectivity index (χ0) is 28.6. The number of hydrogen-bond acceptors (Lipinski definition) is 5. The van der Waals surface area contributed by atoms with Gasteiger partial charge in [0.2, 0.25) is 11.8 Å². The smallest absolute Gasteiger partial charge is 0.226 e. The molecule has 1 heterocycles. The zero-order valence-corrected chi connectivity index (χ0v) is 23.0. The van der Waals surface area contributed by atoms with Gasteiger partial charge in [-0.25, -0.2) is 4.98 Å². The molecule has 0 fully saturated rings. The van der Waals surface area contributed by atoms with Crippen molar-refractivity contribution in [3.05, 3.63) is 143 Å². The summed E-state index contributed by atoms with van der Waals surface area (Å²) < 4.78 is 11.8. The summed E-state index contributed by atoms with van der Waals surface area (Å²) in [5.41, 5.74) is 10.6. The van der Waals surface area contributed by atoms with E-state index in [1.54, 1.807) is 18.2 Å². The van der Waals surface area contributed by atoms with Gasteiger partial charge >= 0.3 is 0 Å². The molecule has 1 aromatic heterocycles. The third-order valence-corrected chi connectivity index (χ3v) is 7.09. The molecule has 41 heavy (non-hydrogen) atoms. The third kappa shape index (κ3) is 6.97. The Kier molecular flexibility index (Phi) is 8.70. The fourth-order valence-electron chi connectivity index (χ4n) is 4.84. The number of hydrogen-bond donors (Lipinski definition) is 1. The van der Waals surface area contributed by atoms with Crippen molar-refractivity contribution in [2.45, 2.75) is 26.2 Å². The number of nitrogens with zero attached hydrogens (tertiary/aromatic N) is 1. The average Bonchev–Trinajstić information content (AvgIpc) is 3.38. The van der Waals surface area contributed by atoms with Crippen LogP contribution in [0.15, 0.2) is 114 Å². The Morgan fingerprint density at radius 3 is 2.20 bits per heavy atom. The van der Waals surface area contributed by atoms with Gasteiger partial charge in [-0.2, -0.15) is 0 Å². The molecule has 6 nitrogen and oxygen atoms in total. The van der Waals surface area contributed by atoms with Gasteiger partial charge in [0.15, 0.2) is 5.78 Å². The summed E-state index contributed by atoms with van der Waals surface area (Å²) in [5, 5.41) is 0. The first-order chi connectivity index (χ1) is 20.0. The maximum absolute atomic E-state index is 13.1. The standard InChI is InChI=1S/C35H32N2O4/c1-24-32(37-35(41-24)27-12-6-3-7-13-27)20-21-40-30-18-16-25(17-19-30)22-29(34(36)39)23-28-14-8-9-15-31(28)33(38)26-10-4-2-5-11-26/h2-19,29H,20-23H2,1H3,(H2,36,39). The number of carbonyl (C=O) groups excluding carboxylic acids is 2. The molecule has 0 aliphatic heterocycles. The summed E-state index contributed by atoms with van der Waals surface area (Å²) in [4.78, 5) is 30.2. The average molecular weight is 545 g/mol. The summed E-state index contributed by atoms with van der Waals surface area (Å²) in [6.07, 6.45) is 1.46. The number of aryl methyl sites for hydroxylation is 1. The molecule has 0 aliphatic carbocycles. The second kappa shape index (κ2) is 12.9. The van der Waals surface area contributed by atoms with E-state index in [4.69, 9.17) is 14.9 Å². The van der Waals surface area contributed by atoms with E-state index < -0.39 is 11.8 Å². The van der Waals surface area contributed by atoms with Crippen LogP contribution < -0.4 is 10.5 Å². The lowest BCUT2D eigenvalue weighted by atomic mass is 9.88. The Balaban J connectivity index is 1.19. The lowest BCUT2D eigenvalue weighted by Gasteiger charge is -2.16. The van der Waals surface area contributed by atoms with E-state index in [1.165, 1.54) is 0 Å². The minimum Gasteiger partial charge on any atom is -0.493 e. The molecule has 206 valence electrons. The Labute approximate surface area is 239 Å². The topological polar surface area (TPSA) is 95.4 Å². The van der Waals surface area contributed by atoms with Crippen LogP contribution in [0.5, 0.6) is 5.75 Å². The normalized spacial score (nSPS) is 11.6.